The monoisotopic (exact) mass is 360 g/mol. The summed E-state index contributed by atoms with van der Waals surface area (Å²) in [5, 5.41) is 5.62. The molecular formula is C17H17BrN2O2. The Balaban J connectivity index is 2.15. The third kappa shape index (κ3) is 4.18. The molecule has 2 amide bonds. The van der Waals surface area contributed by atoms with Gasteiger partial charge in [0.2, 0.25) is 5.91 Å². The minimum Gasteiger partial charge on any atom is -0.326 e. The lowest BCUT2D eigenvalue weighted by molar-refractivity contribution is -0.115. The Kier molecular flexibility index (Phi) is 5.33. The lowest BCUT2D eigenvalue weighted by atomic mass is 10.1. The second-order valence-electron chi connectivity index (χ2n) is 4.90. The van der Waals surface area contributed by atoms with E-state index in [0.29, 0.717) is 17.7 Å². The Hall–Kier alpha value is -2.14. The molecule has 22 heavy (non-hydrogen) atoms. The zero-order valence-electron chi connectivity index (χ0n) is 12.4. The van der Waals surface area contributed by atoms with Gasteiger partial charge in [-0.1, -0.05) is 28.9 Å². The van der Waals surface area contributed by atoms with Gasteiger partial charge in [0, 0.05) is 27.8 Å². The van der Waals surface area contributed by atoms with Crippen molar-refractivity contribution in [2.24, 2.45) is 0 Å². The molecule has 0 spiro atoms. The van der Waals surface area contributed by atoms with Crippen molar-refractivity contribution >= 4 is 39.1 Å². The van der Waals surface area contributed by atoms with Gasteiger partial charge in [-0.3, -0.25) is 9.59 Å². The van der Waals surface area contributed by atoms with E-state index in [9.17, 15) is 9.59 Å². The highest BCUT2D eigenvalue weighted by Gasteiger charge is 2.09. The zero-order chi connectivity index (χ0) is 16.1. The number of halogens is 1. The van der Waals surface area contributed by atoms with E-state index in [1.165, 1.54) is 0 Å². The van der Waals surface area contributed by atoms with Crippen molar-refractivity contribution in [3.8, 4) is 0 Å². The van der Waals surface area contributed by atoms with Crippen LogP contribution in [-0.2, 0) is 4.79 Å². The standard InChI is InChI=1S/C17H17BrN2O2/c1-3-16(21)19-14-6-4-5-12(10-14)17(22)20-15-8-7-13(18)9-11(15)2/h4-10H,3H2,1-2H3,(H,19,21)(H,20,22). The molecule has 0 aromatic heterocycles. The molecule has 0 fully saturated rings. The molecule has 0 aliphatic heterocycles. The van der Waals surface area contributed by atoms with Crippen LogP contribution in [0.25, 0.3) is 0 Å². The lowest BCUT2D eigenvalue weighted by Gasteiger charge is -2.10. The first-order valence-corrected chi connectivity index (χ1v) is 7.76. The number of carbonyl (C=O) groups is 2. The van der Waals surface area contributed by atoms with Gasteiger partial charge in [0.25, 0.3) is 5.91 Å². The summed E-state index contributed by atoms with van der Waals surface area (Å²) in [4.78, 5) is 23.7. The van der Waals surface area contributed by atoms with E-state index in [1.807, 2.05) is 25.1 Å². The Morgan fingerprint density at radius 2 is 1.86 bits per heavy atom. The smallest absolute Gasteiger partial charge is 0.255 e. The van der Waals surface area contributed by atoms with Crippen LogP contribution < -0.4 is 10.6 Å². The molecule has 2 aromatic carbocycles. The SMILES string of the molecule is CCC(=O)Nc1cccc(C(=O)Nc2ccc(Br)cc2C)c1. The summed E-state index contributed by atoms with van der Waals surface area (Å²) in [7, 11) is 0. The van der Waals surface area contributed by atoms with E-state index < -0.39 is 0 Å². The van der Waals surface area contributed by atoms with Crippen molar-refractivity contribution in [2.45, 2.75) is 20.3 Å². The molecule has 4 nitrogen and oxygen atoms in total. The maximum Gasteiger partial charge on any atom is 0.255 e. The minimum absolute atomic E-state index is 0.0821. The van der Waals surface area contributed by atoms with E-state index in [0.717, 1.165) is 15.7 Å². The number of hydrogen-bond donors (Lipinski definition) is 2. The summed E-state index contributed by atoms with van der Waals surface area (Å²) >= 11 is 3.39. The molecule has 114 valence electrons. The first kappa shape index (κ1) is 16.2. The Morgan fingerprint density at radius 3 is 2.55 bits per heavy atom. The predicted octanol–water partition coefficient (Wildman–Crippen LogP) is 4.36. The molecule has 0 radical (unpaired) electrons. The Morgan fingerprint density at radius 1 is 1.09 bits per heavy atom. The average Bonchev–Trinajstić information content (AvgIpc) is 2.50. The van der Waals surface area contributed by atoms with Gasteiger partial charge in [-0.2, -0.15) is 0 Å². The van der Waals surface area contributed by atoms with Crippen LogP contribution in [-0.4, -0.2) is 11.8 Å². The minimum atomic E-state index is -0.210. The van der Waals surface area contributed by atoms with Crippen LogP contribution in [0.15, 0.2) is 46.9 Å². The van der Waals surface area contributed by atoms with E-state index in [1.54, 1.807) is 31.2 Å². The van der Waals surface area contributed by atoms with Gasteiger partial charge < -0.3 is 10.6 Å². The normalized spacial score (nSPS) is 10.1. The molecule has 0 saturated heterocycles. The fourth-order valence-corrected chi connectivity index (χ4v) is 2.42. The van der Waals surface area contributed by atoms with E-state index in [-0.39, 0.29) is 11.8 Å². The van der Waals surface area contributed by atoms with Gasteiger partial charge in [0.05, 0.1) is 0 Å². The fraction of sp³-hybridized carbons (Fsp3) is 0.176. The van der Waals surface area contributed by atoms with Crippen LogP contribution in [0, 0.1) is 6.92 Å². The average molecular weight is 361 g/mol. The molecule has 0 atom stereocenters. The summed E-state index contributed by atoms with van der Waals surface area (Å²) < 4.78 is 0.965. The third-order valence-corrected chi connectivity index (χ3v) is 3.66. The van der Waals surface area contributed by atoms with Crippen molar-refractivity contribution in [1.82, 2.24) is 0 Å². The first-order chi connectivity index (χ1) is 10.5. The van der Waals surface area contributed by atoms with Gasteiger partial charge in [-0.05, 0) is 48.9 Å². The van der Waals surface area contributed by atoms with Gasteiger partial charge in [-0.15, -0.1) is 0 Å². The molecule has 0 aliphatic rings. The van der Waals surface area contributed by atoms with E-state index in [2.05, 4.69) is 26.6 Å². The van der Waals surface area contributed by atoms with Crippen LogP contribution >= 0.6 is 15.9 Å². The number of anilines is 2. The van der Waals surface area contributed by atoms with Crippen molar-refractivity contribution in [3.63, 3.8) is 0 Å². The largest absolute Gasteiger partial charge is 0.326 e. The second-order valence-corrected chi connectivity index (χ2v) is 5.81. The summed E-state index contributed by atoms with van der Waals surface area (Å²) in [5.41, 5.74) is 2.85. The number of aryl methyl sites for hydroxylation is 1. The zero-order valence-corrected chi connectivity index (χ0v) is 14.0. The maximum absolute atomic E-state index is 12.3. The van der Waals surface area contributed by atoms with Crippen LogP contribution in [0.2, 0.25) is 0 Å². The van der Waals surface area contributed by atoms with Crippen molar-refractivity contribution in [1.29, 1.82) is 0 Å². The number of nitrogens with one attached hydrogen (secondary N) is 2. The molecule has 2 N–H and O–H groups in total. The second kappa shape index (κ2) is 7.22. The van der Waals surface area contributed by atoms with Crippen LogP contribution in [0.4, 0.5) is 11.4 Å². The highest BCUT2D eigenvalue weighted by molar-refractivity contribution is 9.10. The maximum atomic E-state index is 12.3. The molecule has 0 bridgehead atoms. The van der Waals surface area contributed by atoms with E-state index >= 15 is 0 Å². The molecule has 5 heteroatoms. The van der Waals surface area contributed by atoms with Crippen LogP contribution in [0.1, 0.15) is 29.3 Å². The van der Waals surface area contributed by atoms with E-state index in [4.69, 9.17) is 0 Å². The highest BCUT2D eigenvalue weighted by atomic mass is 79.9. The molecule has 0 saturated carbocycles. The highest BCUT2D eigenvalue weighted by Crippen LogP contribution is 2.21. The first-order valence-electron chi connectivity index (χ1n) is 6.97. The number of carbonyl (C=O) groups excluding carboxylic acids is 2. The van der Waals surface area contributed by atoms with Gasteiger partial charge >= 0.3 is 0 Å². The molecule has 2 aromatic rings. The lowest BCUT2D eigenvalue weighted by Crippen LogP contribution is -2.14. The van der Waals surface area contributed by atoms with Crippen molar-refractivity contribution in [3.05, 3.63) is 58.1 Å². The predicted molar refractivity (Wildman–Crippen MR) is 92.2 cm³/mol. The molecule has 0 unspecified atom stereocenters. The molecule has 2 rings (SSSR count). The summed E-state index contributed by atoms with van der Waals surface area (Å²) in [6.07, 6.45) is 0.397. The topological polar surface area (TPSA) is 58.2 Å². The number of amides is 2. The van der Waals surface area contributed by atoms with Crippen molar-refractivity contribution in [2.75, 3.05) is 10.6 Å². The molecule has 0 heterocycles. The third-order valence-electron chi connectivity index (χ3n) is 3.17. The van der Waals surface area contributed by atoms with Gasteiger partial charge in [0.1, 0.15) is 0 Å². The quantitative estimate of drug-likeness (QED) is 0.850. The van der Waals surface area contributed by atoms with Gasteiger partial charge in [-0.25, -0.2) is 0 Å². The molecule has 0 aliphatic carbocycles. The van der Waals surface area contributed by atoms with Crippen LogP contribution in [0.3, 0.4) is 0 Å². The summed E-state index contributed by atoms with van der Waals surface area (Å²) in [6, 6.07) is 12.5. The Bertz CT molecular complexity index is 714. The summed E-state index contributed by atoms with van der Waals surface area (Å²) in [5.74, 6) is -0.292. The molecular weight excluding hydrogens is 344 g/mol. The van der Waals surface area contributed by atoms with Gasteiger partial charge in [0.15, 0.2) is 0 Å². The summed E-state index contributed by atoms with van der Waals surface area (Å²) in [6.45, 7) is 3.71. The Labute approximate surface area is 138 Å². The number of rotatable bonds is 4. The number of hydrogen-bond acceptors (Lipinski definition) is 2. The fourth-order valence-electron chi connectivity index (χ4n) is 1.95. The number of benzene rings is 2. The van der Waals surface area contributed by atoms with Crippen molar-refractivity contribution < 1.29 is 9.59 Å². The van der Waals surface area contributed by atoms with Crippen LogP contribution in [0.5, 0.6) is 0 Å².